The Hall–Kier alpha value is -2.30. The first-order valence-electron chi connectivity index (χ1n) is 7.91. The van der Waals surface area contributed by atoms with Crippen molar-refractivity contribution in [3.8, 4) is 0 Å². The van der Waals surface area contributed by atoms with Gasteiger partial charge in [0.25, 0.3) is 5.91 Å². The third-order valence-corrected chi connectivity index (χ3v) is 4.47. The van der Waals surface area contributed by atoms with Crippen molar-refractivity contribution in [3.05, 3.63) is 58.9 Å². The van der Waals surface area contributed by atoms with Gasteiger partial charge in [-0.1, -0.05) is 26.0 Å². The molecular formula is C19H22F2N2O. The van der Waals surface area contributed by atoms with E-state index in [0.29, 0.717) is 17.7 Å². The van der Waals surface area contributed by atoms with Crippen LogP contribution in [0.3, 0.4) is 0 Å². The van der Waals surface area contributed by atoms with Gasteiger partial charge in [0, 0.05) is 11.9 Å². The molecule has 0 saturated heterocycles. The Morgan fingerprint density at radius 1 is 1.25 bits per heavy atom. The van der Waals surface area contributed by atoms with Crippen LogP contribution in [0.5, 0.6) is 0 Å². The van der Waals surface area contributed by atoms with Crippen LogP contribution in [0.1, 0.15) is 47.4 Å². The van der Waals surface area contributed by atoms with Crippen LogP contribution in [0, 0.1) is 13.8 Å². The van der Waals surface area contributed by atoms with Gasteiger partial charge in [-0.05, 0) is 55.2 Å². The number of anilines is 1. The molecule has 128 valence electrons. The second kappa shape index (κ2) is 7.07. The van der Waals surface area contributed by atoms with Crippen LogP contribution in [-0.4, -0.2) is 17.3 Å². The molecule has 1 aromatic heterocycles. The molecule has 0 fully saturated rings. The molecular weight excluding hydrogens is 310 g/mol. The number of halogens is 2. The van der Waals surface area contributed by atoms with Gasteiger partial charge >= 0.3 is 0 Å². The first kappa shape index (κ1) is 18.0. The lowest BCUT2D eigenvalue weighted by Crippen LogP contribution is -2.31. The zero-order valence-electron chi connectivity index (χ0n) is 14.4. The van der Waals surface area contributed by atoms with Gasteiger partial charge in [0.2, 0.25) is 6.43 Å². The lowest BCUT2D eigenvalue weighted by atomic mass is 9.78. The number of alkyl halides is 2. The molecule has 0 aliphatic heterocycles. The number of aromatic nitrogens is 1. The predicted octanol–water partition coefficient (Wildman–Crippen LogP) is 4.88. The molecule has 1 heterocycles. The number of amides is 1. The van der Waals surface area contributed by atoms with E-state index in [2.05, 4.69) is 10.3 Å². The van der Waals surface area contributed by atoms with Crippen LogP contribution >= 0.6 is 0 Å². The van der Waals surface area contributed by atoms with Gasteiger partial charge in [0.05, 0.1) is 5.41 Å². The minimum atomic E-state index is -2.48. The summed E-state index contributed by atoms with van der Waals surface area (Å²) in [6, 6.07) is 8.54. The number of pyridine rings is 1. The van der Waals surface area contributed by atoms with E-state index >= 15 is 0 Å². The average molecular weight is 332 g/mol. The van der Waals surface area contributed by atoms with Crippen LogP contribution in [0.15, 0.2) is 36.5 Å². The van der Waals surface area contributed by atoms with E-state index in [1.165, 1.54) is 0 Å². The smallest absolute Gasteiger partial charge is 0.274 e. The van der Waals surface area contributed by atoms with Gasteiger partial charge < -0.3 is 5.32 Å². The number of rotatable bonds is 5. The summed E-state index contributed by atoms with van der Waals surface area (Å²) in [5, 5.41) is 2.73. The maximum atomic E-state index is 13.5. The number of hydrogen-bond donors (Lipinski definition) is 1. The van der Waals surface area contributed by atoms with Crippen LogP contribution in [-0.2, 0) is 5.41 Å². The van der Waals surface area contributed by atoms with E-state index in [0.717, 1.165) is 11.1 Å². The van der Waals surface area contributed by atoms with Crippen molar-refractivity contribution in [2.24, 2.45) is 0 Å². The van der Waals surface area contributed by atoms with Crippen LogP contribution < -0.4 is 5.32 Å². The average Bonchev–Trinajstić information content (AvgIpc) is 2.56. The third-order valence-electron chi connectivity index (χ3n) is 4.47. The van der Waals surface area contributed by atoms with Crippen molar-refractivity contribution in [1.29, 1.82) is 0 Å². The van der Waals surface area contributed by atoms with Gasteiger partial charge in [0.1, 0.15) is 5.69 Å². The van der Waals surface area contributed by atoms with E-state index in [4.69, 9.17) is 0 Å². The van der Waals surface area contributed by atoms with Crippen molar-refractivity contribution in [2.45, 2.75) is 46.0 Å². The fourth-order valence-corrected chi connectivity index (χ4v) is 2.57. The molecule has 1 aromatic carbocycles. The summed E-state index contributed by atoms with van der Waals surface area (Å²) in [7, 11) is 0. The van der Waals surface area contributed by atoms with E-state index in [9.17, 15) is 13.6 Å². The molecule has 3 nitrogen and oxygen atoms in total. The summed E-state index contributed by atoms with van der Waals surface area (Å²) in [4.78, 5) is 16.3. The highest BCUT2D eigenvalue weighted by Gasteiger charge is 2.36. The summed E-state index contributed by atoms with van der Waals surface area (Å²) in [5.74, 6) is -0.361. The van der Waals surface area contributed by atoms with Crippen LogP contribution in [0.4, 0.5) is 14.5 Å². The van der Waals surface area contributed by atoms with E-state index in [-0.39, 0.29) is 11.6 Å². The van der Waals surface area contributed by atoms with Crippen molar-refractivity contribution in [1.82, 2.24) is 4.98 Å². The fraction of sp³-hybridized carbons (Fsp3) is 0.368. The van der Waals surface area contributed by atoms with Crippen molar-refractivity contribution < 1.29 is 13.6 Å². The monoisotopic (exact) mass is 332 g/mol. The van der Waals surface area contributed by atoms with Gasteiger partial charge in [-0.3, -0.25) is 9.78 Å². The van der Waals surface area contributed by atoms with Crippen LogP contribution in [0.25, 0.3) is 0 Å². The second-order valence-corrected chi connectivity index (χ2v) is 6.28. The molecule has 1 N–H and O–H groups in total. The summed E-state index contributed by atoms with van der Waals surface area (Å²) in [6.07, 6.45) is -0.561. The Kier molecular flexibility index (Phi) is 5.32. The predicted molar refractivity (Wildman–Crippen MR) is 91.8 cm³/mol. The van der Waals surface area contributed by atoms with Gasteiger partial charge in [0.15, 0.2) is 0 Å². The number of benzene rings is 1. The largest absolute Gasteiger partial charge is 0.321 e. The standard InChI is InChI=1S/C19H22F2N2O/c1-5-19(4,18(20)21)15-10-14(8-7-13(15)3)23-17(24)16-9-6-12(2)11-22-16/h6-11,18H,5H2,1-4H3,(H,23,24). The minimum absolute atomic E-state index is 0.287. The molecule has 2 rings (SSSR count). The van der Waals surface area contributed by atoms with Crippen molar-refractivity contribution in [2.75, 3.05) is 5.32 Å². The fourth-order valence-electron chi connectivity index (χ4n) is 2.57. The number of nitrogens with one attached hydrogen (secondary N) is 1. The van der Waals surface area contributed by atoms with Crippen LogP contribution in [0.2, 0.25) is 0 Å². The molecule has 1 atom stereocenters. The van der Waals surface area contributed by atoms with Crippen molar-refractivity contribution >= 4 is 11.6 Å². The molecule has 5 heteroatoms. The van der Waals surface area contributed by atoms with Gasteiger partial charge in [-0.15, -0.1) is 0 Å². The molecule has 0 radical (unpaired) electrons. The number of hydrogen-bond acceptors (Lipinski definition) is 2. The number of aryl methyl sites for hydroxylation is 2. The lowest BCUT2D eigenvalue weighted by molar-refractivity contribution is 0.0563. The Morgan fingerprint density at radius 2 is 1.96 bits per heavy atom. The Labute approximate surface area is 141 Å². The molecule has 0 spiro atoms. The Balaban J connectivity index is 2.31. The number of carbonyl (C=O) groups is 1. The minimum Gasteiger partial charge on any atom is -0.321 e. The topological polar surface area (TPSA) is 42.0 Å². The first-order chi connectivity index (χ1) is 11.3. The molecule has 0 aliphatic rings. The normalized spacial score (nSPS) is 13.6. The zero-order valence-corrected chi connectivity index (χ0v) is 14.4. The zero-order chi connectivity index (χ0) is 17.9. The molecule has 1 unspecified atom stereocenters. The summed E-state index contributed by atoms with van der Waals surface area (Å²) >= 11 is 0. The SMILES string of the molecule is CCC(C)(c1cc(NC(=O)c2ccc(C)cn2)ccc1C)C(F)F. The maximum Gasteiger partial charge on any atom is 0.274 e. The summed E-state index contributed by atoms with van der Waals surface area (Å²) < 4.78 is 27.1. The Morgan fingerprint density at radius 3 is 2.50 bits per heavy atom. The van der Waals surface area contributed by atoms with E-state index < -0.39 is 11.8 Å². The number of nitrogens with zero attached hydrogens (tertiary/aromatic N) is 1. The molecule has 1 amide bonds. The molecule has 24 heavy (non-hydrogen) atoms. The summed E-state index contributed by atoms with van der Waals surface area (Å²) in [5.41, 5.74) is 1.83. The lowest BCUT2D eigenvalue weighted by Gasteiger charge is -2.30. The highest BCUT2D eigenvalue weighted by atomic mass is 19.3. The highest BCUT2D eigenvalue weighted by molar-refractivity contribution is 6.02. The van der Waals surface area contributed by atoms with Gasteiger partial charge in [-0.2, -0.15) is 0 Å². The van der Waals surface area contributed by atoms with E-state index in [1.54, 1.807) is 57.3 Å². The Bertz CT molecular complexity index is 729. The van der Waals surface area contributed by atoms with Gasteiger partial charge in [-0.25, -0.2) is 8.78 Å². The molecule has 0 aliphatic carbocycles. The summed E-state index contributed by atoms with van der Waals surface area (Å²) in [6.45, 7) is 6.98. The second-order valence-electron chi connectivity index (χ2n) is 6.28. The third kappa shape index (κ3) is 3.61. The highest BCUT2D eigenvalue weighted by Crippen LogP contribution is 2.37. The van der Waals surface area contributed by atoms with Crippen molar-refractivity contribution in [3.63, 3.8) is 0 Å². The quantitative estimate of drug-likeness (QED) is 0.847. The molecule has 0 bridgehead atoms. The maximum absolute atomic E-state index is 13.5. The molecule has 2 aromatic rings. The number of carbonyl (C=O) groups excluding carboxylic acids is 1. The van der Waals surface area contributed by atoms with E-state index in [1.807, 2.05) is 6.92 Å². The first-order valence-corrected chi connectivity index (χ1v) is 7.91. The molecule has 0 saturated carbocycles.